The van der Waals surface area contributed by atoms with E-state index in [4.69, 9.17) is 4.74 Å². The van der Waals surface area contributed by atoms with Crippen molar-refractivity contribution in [2.75, 3.05) is 19.7 Å². The summed E-state index contributed by atoms with van der Waals surface area (Å²) in [5.74, 6) is 0. The van der Waals surface area contributed by atoms with E-state index in [1.54, 1.807) is 0 Å². The van der Waals surface area contributed by atoms with Gasteiger partial charge in [-0.1, -0.05) is 0 Å². The minimum atomic E-state index is 0.00221. The van der Waals surface area contributed by atoms with E-state index in [9.17, 15) is 0 Å². The van der Waals surface area contributed by atoms with Gasteiger partial charge in [0.1, 0.15) is 5.60 Å². The first-order valence-corrected chi connectivity index (χ1v) is 8.96. The molecule has 5 heteroatoms. The third kappa shape index (κ3) is 2.41. The lowest BCUT2D eigenvalue weighted by Gasteiger charge is -2.43. The molecule has 2 aromatic rings. The van der Waals surface area contributed by atoms with E-state index in [-0.39, 0.29) is 5.60 Å². The molecule has 1 saturated heterocycles. The van der Waals surface area contributed by atoms with Gasteiger partial charge in [0, 0.05) is 43.3 Å². The zero-order valence-electron chi connectivity index (χ0n) is 13.3. The molecule has 0 N–H and O–H groups in total. The average molecular weight is 317 g/mol. The van der Waals surface area contributed by atoms with Crippen molar-refractivity contribution in [3.05, 3.63) is 39.3 Å². The Hall–Kier alpha value is -1.17. The van der Waals surface area contributed by atoms with Crippen LogP contribution in [0.1, 0.15) is 34.5 Å². The topological polar surface area (TPSA) is 30.3 Å². The number of hydrogen-bond donors (Lipinski definition) is 0. The van der Waals surface area contributed by atoms with Crippen molar-refractivity contribution in [3.63, 3.8) is 0 Å². The summed E-state index contributed by atoms with van der Waals surface area (Å²) in [7, 11) is 2.00. The van der Waals surface area contributed by atoms with Crippen molar-refractivity contribution in [3.8, 4) is 0 Å². The van der Waals surface area contributed by atoms with Gasteiger partial charge in [0.2, 0.25) is 0 Å². The summed E-state index contributed by atoms with van der Waals surface area (Å²) in [6, 6.07) is 2.29. The summed E-state index contributed by atoms with van der Waals surface area (Å²) >= 11 is 1.88. The van der Waals surface area contributed by atoms with E-state index in [1.165, 1.54) is 16.0 Å². The Labute approximate surface area is 135 Å². The number of hydrogen-bond acceptors (Lipinski definition) is 4. The van der Waals surface area contributed by atoms with E-state index in [2.05, 4.69) is 34.6 Å². The van der Waals surface area contributed by atoms with Crippen molar-refractivity contribution in [2.45, 2.75) is 38.3 Å². The van der Waals surface area contributed by atoms with E-state index in [1.807, 2.05) is 23.1 Å². The second kappa shape index (κ2) is 5.48. The zero-order valence-corrected chi connectivity index (χ0v) is 14.2. The van der Waals surface area contributed by atoms with Crippen LogP contribution in [0.3, 0.4) is 0 Å². The maximum absolute atomic E-state index is 6.28. The fourth-order valence-corrected chi connectivity index (χ4v) is 5.01. The lowest BCUT2D eigenvalue weighted by molar-refractivity contribution is -0.0960. The highest BCUT2D eigenvalue weighted by molar-refractivity contribution is 7.10. The first-order chi connectivity index (χ1) is 10.7. The number of piperidine rings is 1. The Morgan fingerprint density at radius 1 is 1.36 bits per heavy atom. The number of thiophene rings is 1. The van der Waals surface area contributed by atoms with Gasteiger partial charge in [0.25, 0.3) is 0 Å². The van der Waals surface area contributed by atoms with Crippen molar-refractivity contribution in [1.29, 1.82) is 0 Å². The first-order valence-electron chi connectivity index (χ1n) is 8.09. The fraction of sp³-hybridized carbons (Fsp3) is 0.588. The van der Waals surface area contributed by atoms with Crippen LogP contribution >= 0.6 is 11.3 Å². The molecule has 0 unspecified atom stereocenters. The Morgan fingerprint density at radius 2 is 2.18 bits per heavy atom. The van der Waals surface area contributed by atoms with Crippen LogP contribution in [-0.4, -0.2) is 34.4 Å². The zero-order chi connectivity index (χ0) is 15.2. The molecule has 2 aliphatic rings. The van der Waals surface area contributed by atoms with Crippen LogP contribution in [0, 0.1) is 6.92 Å². The summed E-state index contributed by atoms with van der Waals surface area (Å²) in [6.07, 6.45) is 5.45. The highest BCUT2D eigenvalue weighted by Gasteiger charge is 2.41. The molecule has 0 amide bonds. The van der Waals surface area contributed by atoms with Crippen LogP contribution in [0.25, 0.3) is 0 Å². The summed E-state index contributed by atoms with van der Waals surface area (Å²) in [4.78, 5) is 4.04. The second-order valence-electron chi connectivity index (χ2n) is 6.56. The molecule has 2 aliphatic heterocycles. The molecule has 0 radical (unpaired) electrons. The van der Waals surface area contributed by atoms with E-state index < -0.39 is 0 Å². The van der Waals surface area contributed by atoms with E-state index >= 15 is 0 Å². The molecule has 4 rings (SSSR count). The standard InChI is InChI=1S/C17H23N3OS/c1-13-15(11-19(2)18-13)12-20-7-5-17(6-8-20)16-14(3-9-21-17)4-10-22-16/h4,10-11H,3,5-9,12H2,1-2H3. The first kappa shape index (κ1) is 14.4. The van der Waals surface area contributed by atoms with Crippen molar-refractivity contribution in [2.24, 2.45) is 7.05 Å². The van der Waals surface area contributed by atoms with Crippen LogP contribution in [0.2, 0.25) is 0 Å². The summed E-state index contributed by atoms with van der Waals surface area (Å²) in [6.45, 7) is 6.19. The van der Waals surface area contributed by atoms with Crippen molar-refractivity contribution in [1.82, 2.24) is 14.7 Å². The predicted molar refractivity (Wildman–Crippen MR) is 88.1 cm³/mol. The summed E-state index contributed by atoms with van der Waals surface area (Å²) in [5.41, 5.74) is 4.02. The highest BCUT2D eigenvalue weighted by Crippen LogP contribution is 2.44. The molecule has 0 saturated carbocycles. The van der Waals surface area contributed by atoms with Crippen LogP contribution < -0.4 is 0 Å². The normalized spacial score (nSPS) is 21.2. The van der Waals surface area contributed by atoms with Crippen LogP contribution in [0.15, 0.2) is 17.6 Å². The Bertz CT molecular complexity index is 667. The molecule has 1 fully saturated rings. The Balaban J connectivity index is 1.46. The third-order valence-electron chi connectivity index (χ3n) is 5.08. The molecular formula is C17H23N3OS. The number of fused-ring (bicyclic) bond motifs is 2. The van der Waals surface area contributed by atoms with Gasteiger partial charge < -0.3 is 4.74 Å². The van der Waals surface area contributed by atoms with Gasteiger partial charge in [0.05, 0.1) is 12.3 Å². The van der Waals surface area contributed by atoms with Gasteiger partial charge in [-0.2, -0.15) is 5.10 Å². The Kier molecular flexibility index (Phi) is 3.59. The van der Waals surface area contributed by atoms with Crippen LogP contribution in [0.5, 0.6) is 0 Å². The fourth-order valence-electron chi connectivity index (χ4n) is 3.84. The molecular weight excluding hydrogens is 294 g/mol. The summed E-state index contributed by atoms with van der Waals surface area (Å²) < 4.78 is 8.20. The van der Waals surface area contributed by atoms with Gasteiger partial charge in [0.15, 0.2) is 0 Å². The molecule has 1 spiro atoms. The molecule has 4 heterocycles. The van der Waals surface area contributed by atoms with Crippen LogP contribution in [0.4, 0.5) is 0 Å². The van der Waals surface area contributed by atoms with Gasteiger partial charge in [-0.05, 0) is 43.2 Å². The lowest BCUT2D eigenvalue weighted by atomic mass is 9.85. The highest BCUT2D eigenvalue weighted by atomic mass is 32.1. The van der Waals surface area contributed by atoms with Gasteiger partial charge in [-0.15, -0.1) is 11.3 Å². The molecule has 118 valence electrons. The maximum Gasteiger partial charge on any atom is 0.105 e. The number of ether oxygens (including phenoxy) is 1. The summed E-state index contributed by atoms with van der Waals surface area (Å²) in [5, 5.41) is 6.68. The van der Waals surface area contributed by atoms with Crippen LogP contribution in [-0.2, 0) is 30.4 Å². The molecule has 0 bridgehead atoms. The number of aromatic nitrogens is 2. The van der Waals surface area contributed by atoms with Gasteiger partial charge in [-0.25, -0.2) is 0 Å². The molecule has 2 aromatic heterocycles. The largest absolute Gasteiger partial charge is 0.369 e. The predicted octanol–water partition coefficient (Wildman–Crippen LogP) is 2.85. The van der Waals surface area contributed by atoms with E-state index in [0.717, 1.165) is 51.2 Å². The SMILES string of the molecule is Cc1nn(C)cc1CN1CCC2(CC1)OCCc1ccsc12. The van der Waals surface area contributed by atoms with E-state index in [0.29, 0.717) is 0 Å². The smallest absolute Gasteiger partial charge is 0.105 e. The van der Waals surface area contributed by atoms with Gasteiger partial charge >= 0.3 is 0 Å². The minimum Gasteiger partial charge on any atom is -0.369 e. The number of likely N-dealkylation sites (tertiary alicyclic amines) is 1. The molecule has 0 aliphatic carbocycles. The molecule has 0 aromatic carbocycles. The number of nitrogens with zero attached hydrogens (tertiary/aromatic N) is 3. The average Bonchev–Trinajstić information content (AvgIpc) is 3.10. The van der Waals surface area contributed by atoms with Crippen molar-refractivity contribution < 1.29 is 4.74 Å². The maximum atomic E-state index is 6.28. The Morgan fingerprint density at radius 3 is 2.91 bits per heavy atom. The molecule has 22 heavy (non-hydrogen) atoms. The van der Waals surface area contributed by atoms with Gasteiger partial charge in [-0.3, -0.25) is 9.58 Å². The molecule has 0 atom stereocenters. The minimum absolute atomic E-state index is 0.00221. The third-order valence-corrected chi connectivity index (χ3v) is 6.23. The second-order valence-corrected chi connectivity index (χ2v) is 7.47. The lowest BCUT2D eigenvalue weighted by Crippen LogP contribution is -2.45. The number of rotatable bonds is 2. The quantitative estimate of drug-likeness (QED) is 0.853. The number of aryl methyl sites for hydroxylation is 2. The monoisotopic (exact) mass is 317 g/mol. The molecule has 4 nitrogen and oxygen atoms in total. The van der Waals surface area contributed by atoms with Crippen molar-refractivity contribution >= 4 is 11.3 Å².